The Kier molecular flexibility index (Phi) is 6.43. The first kappa shape index (κ1) is 20.0. The van der Waals surface area contributed by atoms with E-state index in [1.807, 2.05) is 6.07 Å². The summed E-state index contributed by atoms with van der Waals surface area (Å²) in [4.78, 5) is 24.2. The summed E-state index contributed by atoms with van der Waals surface area (Å²) in [5.41, 5.74) is 0.684. The van der Waals surface area contributed by atoms with Gasteiger partial charge in [0.1, 0.15) is 0 Å². The summed E-state index contributed by atoms with van der Waals surface area (Å²) in [6.45, 7) is 0.504. The Balaban J connectivity index is 1.63. The Morgan fingerprint density at radius 2 is 1.68 bits per heavy atom. The van der Waals surface area contributed by atoms with Crippen molar-refractivity contribution in [2.45, 2.75) is 24.2 Å². The van der Waals surface area contributed by atoms with Gasteiger partial charge in [-0.25, -0.2) is 13.2 Å². The molecule has 0 bridgehead atoms. The number of amides is 1. The Morgan fingerprint density at radius 3 is 2.39 bits per heavy atom. The van der Waals surface area contributed by atoms with Gasteiger partial charge in [0.05, 0.1) is 10.5 Å². The molecular weight excluding hydrogens is 380 g/mol. The van der Waals surface area contributed by atoms with Crippen LogP contribution in [0.3, 0.4) is 0 Å². The molecule has 8 heteroatoms. The van der Waals surface area contributed by atoms with Gasteiger partial charge < -0.3 is 10.1 Å². The molecule has 1 heterocycles. The number of rotatable bonds is 6. The van der Waals surface area contributed by atoms with E-state index in [1.165, 1.54) is 28.6 Å². The van der Waals surface area contributed by atoms with E-state index in [-0.39, 0.29) is 10.5 Å². The van der Waals surface area contributed by atoms with Crippen molar-refractivity contribution < 1.29 is 22.7 Å². The van der Waals surface area contributed by atoms with E-state index in [4.69, 9.17) is 4.74 Å². The van der Waals surface area contributed by atoms with Crippen LogP contribution >= 0.6 is 0 Å². The van der Waals surface area contributed by atoms with Crippen molar-refractivity contribution in [3.05, 3.63) is 60.2 Å². The second kappa shape index (κ2) is 8.99. The molecule has 1 amide bonds. The molecule has 0 atom stereocenters. The Morgan fingerprint density at radius 1 is 0.964 bits per heavy atom. The fourth-order valence-corrected chi connectivity index (χ4v) is 4.53. The molecule has 2 aromatic carbocycles. The molecule has 1 fully saturated rings. The molecule has 148 valence electrons. The molecule has 0 radical (unpaired) electrons. The average Bonchev–Trinajstić information content (AvgIpc) is 2.73. The van der Waals surface area contributed by atoms with Gasteiger partial charge in [0.25, 0.3) is 5.91 Å². The van der Waals surface area contributed by atoms with E-state index in [1.54, 1.807) is 24.3 Å². The first-order chi connectivity index (χ1) is 13.5. The minimum Gasteiger partial charge on any atom is -0.452 e. The summed E-state index contributed by atoms with van der Waals surface area (Å²) in [6.07, 6.45) is 2.68. The summed E-state index contributed by atoms with van der Waals surface area (Å²) in [7, 11) is -3.64. The van der Waals surface area contributed by atoms with Gasteiger partial charge in [-0.05, 0) is 43.2 Å². The highest BCUT2D eigenvalue weighted by Crippen LogP contribution is 2.21. The molecule has 1 aliphatic heterocycles. The van der Waals surface area contributed by atoms with Gasteiger partial charge in [0.2, 0.25) is 10.0 Å². The van der Waals surface area contributed by atoms with E-state index in [0.717, 1.165) is 19.3 Å². The summed E-state index contributed by atoms with van der Waals surface area (Å²) < 4.78 is 31.9. The Bertz CT molecular complexity index is 938. The summed E-state index contributed by atoms with van der Waals surface area (Å²) in [5.74, 6) is -1.23. The lowest BCUT2D eigenvalue weighted by Crippen LogP contribution is -2.35. The lowest BCUT2D eigenvalue weighted by molar-refractivity contribution is -0.119. The molecule has 0 aliphatic carbocycles. The van der Waals surface area contributed by atoms with E-state index in [9.17, 15) is 18.0 Å². The monoisotopic (exact) mass is 402 g/mol. The molecule has 1 aliphatic rings. The van der Waals surface area contributed by atoms with Crippen molar-refractivity contribution >= 4 is 27.6 Å². The van der Waals surface area contributed by atoms with Crippen LogP contribution in [0.1, 0.15) is 29.6 Å². The second-order valence-corrected chi connectivity index (χ2v) is 8.42. The second-order valence-electron chi connectivity index (χ2n) is 6.48. The van der Waals surface area contributed by atoms with E-state index in [0.29, 0.717) is 18.8 Å². The zero-order valence-electron chi connectivity index (χ0n) is 15.3. The third-order valence-electron chi connectivity index (χ3n) is 4.41. The van der Waals surface area contributed by atoms with E-state index < -0.39 is 28.5 Å². The normalized spacial score (nSPS) is 15.0. The van der Waals surface area contributed by atoms with Gasteiger partial charge in [-0.3, -0.25) is 4.79 Å². The lowest BCUT2D eigenvalue weighted by atomic mass is 10.2. The highest BCUT2D eigenvalue weighted by atomic mass is 32.2. The van der Waals surface area contributed by atoms with Gasteiger partial charge in [-0.2, -0.15) is 4.31 Å². The largest absolute Gasteiger partial charge is 0.452 e. The topological polar surface area (TPSA) is 92.8 Å². The minimum absolute atomic E-state index is 0.0533. The fourth-order valence-electron chi connectivity index (χ4n) is 2.97. The first-order valence-corrected chi connectivity index (χ1v) is 10.5. The van der Waals surface area contributed by atoms with Crippen LogP contribution in [0.4, 0.5) is 5.69 Å². The van der Waals surface area contributed by atoms with Crippen LogP contribution in [0.25, 0.3) is 0 Å². The van der Waals surface area contributed by atoms with E-state index >= 15 is 0 Å². The minimum atomic E-state index is -3.64. The van der Waals surface area contributed by atoms with Gasteiger partial charge >= 0.3 is 5.97 Å². The lowest BCUT2D eigenvalue weighted by Gasteiger charge is -2.25. The molecular formula is C20H22N2O5S. The van der Waals surface area contributed by atoms with Gasteiger partial charge in [-0.1, -0.05) is 30.7 Å². The molecule has 1 N–H and O–H groups in total. The third kappa shape index (κ3) is 4.96. The average molecular weight is 402 g/mol. The number of nitrogens with one attached hydrogen (secondary N) is 1. The molecule has 0 unspecified atom stereocenters. The summed E-state index contributed by atoms with van der Waals surface area (Å²) in [6, 6.07) is 14.5. The van der Waals surface area contributed by atoms with Crippen LogP contribution < -0.4 is 5.32 Å². The fraction of sp³-hybridized carbons (Fsp3) is 0.300. The predicted octanol–water partition coefficient (Wildman–Crippen LogP) is 2.66. The molecule has 7 nitrogen and oxygen atoms in total. The molecule has 0 spiro atoms. The summed E-state index contributed by atoms with van der Waals surface area (Å²) in [5, 5.41) is 2.61. The molecule has 2 aromatic rings. The highest BCUT2D eigenvalue weighted by Gasteiger charge is 2.26. The Hall–Kier alpha value is -2.71. The third-order valence-corrected chi connectivity index (χ3v) is 6.31. The standard InChI is InChI=1S/C20H22N2O5S/c23-19(21-17-9-3-1-4-10-17)15-27-20(24)16-8-7-11-18(14-16)28(25,26)22-12-5-2-6-13-22/h1,3-4,7-11,14H,2,5-6,12-13,15H2,(H,21,23). The maximum absolute atomic E-state index is 12.7. The number of anilines is 1. The van der Waals surface area contributed by atoms with Gasteiger partial charge in [0, 0.05) is 18.8 Å². The van der Waals surface area contributed by atoms with Crippen LogP contribution in [0.2, 0.25) is 0 Å². The van der Waals surface area contributed by atoms with Crippen molar-refractivity contribution in [1.82, 2.24) is 4.31 Å². The molecule has 0 aromatic heterocycles. The van der Waals surface area contributed by atoms with E-state index in [2.05, 4.69) is 5.32 Å². The zero-order valence-corrected chi connectivity index (χ0v) is 16.2. The molecule has 28 heavy (non-hydrogen) atoms. The molecule has 3 rings (SSSR count). The van der Waals surface area contributed by atoms with Gasteiger partial charge in [-0.15, -0.1) is 0 Å². The van der Waals surface area contributed by atoms with Crippen molar-refractivity contribution in [3.63, 3.8) is 0 Å². The van der Waals surface area contributed by atoms with Crippen LogP contribution in [-0.2, 0) is 19.6 Å². The number of piperidine rings is 1. The number of nitrogens with zero attached hydrogens (tertiary/aromatic N) is 1. The van der Waals surface area contributed by atoms with Crippen LogP contribution in [0, 0.1) is 0 Å². The quantitative estimate of drug-likeness (QED) is 0.750. The number of benzene rings is 2. The van der Waals surface area contributed by atoms with Gasteiger partial charge in [0.15, 0.2) is 6.61 Å². The zero-order chi connectivity index (χ0) is 20.0. The van der Waals surface area contributed by atoms with Crippen LogP contribution in [0.15, 0.2) is 59.5 Å². The number of hydrogen-bond donors (Lipinski definition) is 1. The van der Waals surface area contributed by atoms with Crippen LogP contribution in [0.5, 0.6) is 0 Å². The highest BCUT2D eigenvalue weighted by molar-refractivity contribution is 7.89. The molecule has 1 saturated heterocycles. The van der Waals surface area contributed by atoms with Crippen LogP contribution in [-0.4, -0.2) is 44.3 Å². The predicted molar refractivity (Wildman–Crippen MR) is 104 cm³/mol. The van der Waals surface area contributed by atoms with Crippen molar-refractivity contribution in [2.75, 3.05) is 25.0 Å². The summed E-state index contributed by atoms with van der Waals surface area (Å²) >= 11 is 0. The SMILES string of the molecule is O=C(COC(=O)c1cccc(S(=O)(=O)N2CCCCC2)c1)Nc1ccccc1. The van der Waals surface area contributed by atoms with Crippen molar-refractivity contribution in [2.24, 2.45) is 0 Å². The molecule has 0 saturated carbocycles. The number of carbonyl (C=O) groups excluding carboxylic acids is 2. The first-order valence-electron chi connectivity index (χ1n) is 9.09. The maximum Gasteiger partial charge on any atom is 0.338 e. The Labute approximate surface area is 164 Å². The number of ether oxygens (including phenoxy) is 1. The number of para-hydroxylation sites is 1. The van der Waals surface area contributed by atoms with Crippen molar-refractivity contribution in [1.29, 1.82) is 0 Å². The smallest absolute Gasteiger partial charge is 0.338 e. The number of sulfonamides is 1. The number of hydrogen-bond acceptors (Lipinski definition) is 5. The van der Waals surface area contributed by atoms with Crippen molar-refractivity contribution in [3.8, 4) is 0 Å². The number of esters is 1. The number of carbonyl (C=O) groups is 2. The maximum atomic E-state index is 12.7.